The first-order valence-electron chi connectivity index (χ1n) is 12.6. The van der Waals surface area contributed by atoms with E-state index in [4.69, 9.17) is 10.8 Å². The summed E-state index contributed by atoms with van der Waals surface area (Å²) < 4.78 is 3.05. The number of aromatic nitrogens is 5. The fourth-order valence-corrected chi connectivity index (χ4v) is 6.38. The highest BCUT2D eigenvalue weighted by molar-refractivity contribution is 7.10. The Morgan fingerprint density at radius 1 is 1.05 bits per heavy atom. The van der Waals surface area contributed by atoms with Crippen molar-refractivity contribution in [2.24, 2.45) is 0 Å². The zero-order valence-electron chi connectivity index (χ0n) is 21.0. The molecule has 188 valence electrons. The summed E-state index contributed by atoms with van der Waals surface area (Å²) >= 11 is 1.80. The molecular formula is C28H30N7OS+. The Labute approximate surface area is 219 Å². The van der Waals surface area contributed by atoms with Gasteiger partial charge in [0.1, 0.15) is 5.69 Å². The maximum absolute atomic E-state index is 13.6. The fourth-order valence-electron chi connectivity index (χ4n) is 5.48. The van der Waals surface area contributed by atoms with Crippen LogP contribution in [0.5, 0.6) is 0 Å². The van der Waals surface area contributed by atoms with Gasteiger partial charge in [-0.15, -0.1) is 20.8 Å². The maximum Gasteiger partial charge on any atom is 0.411 e. The Morgan fingerprint density at radius 3 is 2.57 bits per heavy atom. The Kier molecular flexibility index (Phi) is 6.10. The average Bonchev–Trinajstić information content (AvgIpc) is 3.63. The second kappa shape index (κ2) is 9.57. The lowest BCUT2D eigenvalue weighted by Gasteiger charge is -2.23. The number of aryl methyl sites for hydroxylation is 2. The zero-order chi connectivity index (χ0) is 25.5. The number of nitrogens with one attached hydrogen (secondary N) is 1. The molecule has 4 aromatic heterocycles. The minimum Gasteiger partial charge on any atom is -0.294 e. The zero-order valence-corrected chi connectivity index (χ0v) is 21.8. The molecule has 1 atom stereocenters. The van der Waals surface area contributed by atoms with Crippen LogP contribution in [-0.2, 0) is 6.54 Å². The van der Waals surface area contributed by atoms with Gasteiger partial charge in [0.25, 0.3) is 0 Å². The number of anilines is 1. The van der Waals surface area contributed by atoms with E-state index < -0.39 is 0 Å². The second-order valence-electron chi connectivity index (χ2n) is 9.64. The molecule has 0 bridgehead atoms. The molecule has 0 aliphatic carbocycles. The first-order valence-corrected chi connectivity index (χ1v) is 13.5. The predicted molar refractivity (Wildman–Crippen MR) is 146 cm³/mol. The molecule has 0 spiro atoms. The molecule has 5 heterocycles. The number of aromatic amines is 1. The molecular weight excluding hydrogens is 482 g/mol. The van der Waals surface area contributed by atoms with Gasteiger partial charge in [0.15, 0.2) is 0 Å². The normalized spacial score (nSPS) is 16.1. The van der Waals surface area contributed by atoms with Gasteiger partial charge < -0.3 is 0 Å². The predicted octanol–water partition coefficient (Wildman–Crippen LogP) is 4.14. The summed E-state index contributed by atoms with van der Waals surface area (Å²) in [4.78, 5) is 25.3. The number of nitrogens with two attached hydrogens (primary N) is 1. The van der Waals surface area contributed by atoms with Crippen molar-refractivity contribution in [3.63, 3.8) is 0 Å². The van der Waals surface area contributed by atoms with E-state index in [1.807, 2.05) is 56.3 Å². The molecule has 0 radical (unpaired) electrons. The highest BCUT2D eigenvalue weighted by Crippen LogP contribution is 2.35. The van der Waals surface area contributed by atoms with Gasteiger partial charge in [-0.05, 0) is 62.4 Å². The molecule has 1 aliphatic rings. The van der Waals surface area contributed by atoms with Gasteiger partial charge in [-0.2, -0.15) is 4.68 Å². The van der Waals surface area contributed by atoms with E-state index in [9.17, 15) is 4.79 Å². The van der Waals surface area contributed by atoms with Crippen LogP contribution in [0.15, 0.2) is 64.8 Å². The molecule has 0 saturated carbocycles. The lowest BCUT2D eigenvalue weighted by atomic mass is 9.99. The Bertz CT molecular complexity index is 1600. The first-order chi connectivity index (χ1) is 18.0. The number of hydrogen-bond acceptors (Lipinski definition) is 6. The monoisotopic (exact) mass is 512 g/mol. The number of rotatable bonds is 6. The topological polar surface area (TPSA) is 95.6 Å². The molecule has 1 fully saturated rings. The Hall–Kier alpha value is -3.82. The van der Waals surface area contributed by atoms with Gasteiger partial charge >= 0.3 is 11.6 Å². The van der Waals surface area contributed by atoms with Gasteiger partial charge in [0.05, 0.1) is 12.1 Å². The number of pyridine rings is 1. The van der Waals surface area contributed by atoms with E-state index in [-0.39, 0.29) is 11.6 Å². The van der Waals surface area contributed by atoms with Gasteiger partial charge in [0, 0.05) is 34.4 Å². The summed E-state index contributed by atoms with van der Waals surface area (Å²) in [6.07, 6.45) is 2.31. The fraction of sp³-hybridized carbons (Fsp3) is 0.286. The molecule has 8 nitrogen and oxygen atoms in total. The summed E-state index contributed by atoms with van der Waals surface area (Å²) in [5, 5.41) is 7.00. The number of hydrogen-bond donors (Lipinski definition) is 1. The molecule has 9 heteroatoms. The number of thiophene rings is 1. The number of H-pyrrole nitrogens is 1. The van der Waals surface area contributed by atoms with Crippen LogP contribution < -0.4 is 16.4 Å². The van der Waals surface area contributed by atoms with Gasteiger partial charge in [-0.25, -0.2) is 9.78 Å². The Balaban J connectivity index is 1.46. The van der Waals surface area contributed by atoms with Gasteiger partial charge in [-0.1, -0.05) is 36.4 Å². The lowest BCUT2D eigenvalue weighted by molar-refractivity contribution is -0.351. The van der Waals surface area contributed by atoms with Crippen LogP contribution in [0.3, 0.4) is 0 Å². The quantitative estimate of drug-likeness (QED) is 0.369. The highest BCUT2D eigenvalue weighted by atomic mass is 32.1. The van der Waals surface area contributed by atoms with Crippen molar-refractivity contribution < 1.29 is 4.98 Å². The van der Waals surface area contributed by atoms with Crippen molar-refractivity contribution in [3.05, 3.63) is 86.7 Å². The molecule has 0 amide bonds. The third kappa shape index (κ3) is 4.34. The van der Waals surface area contributed by atoms with Crippen molar-refractivity contribution in [2.75, 3.05) is 18.8 Å². The maximum atomic E-state index is 13.6. The molecule has 5 aromatic rings. The van der Waals surface area contributed by atoms with E-state index in [0.29, 0.717) is 18.2 Å². The van der Waals surface area contributed by atoms with Crippen molar-refractivity contribution >= 4 is 22.9 Å². The SMILES string of the molecule is Cc1cc(-c2c(-c3ccccc3)[nH+]c(N)n3c(=O)n(CCN4CCCC4c4cccs4)nc23)cc(C)n1. The van der Waals surface area contributed by atoms with Crippen molar-refractivity contribution in [1.82, 2.24) is 24.1 Å². The third-order valence-electron chi connectivity index (χ3n) is 7.07. The molecule has 1 unspecified atom stereocenters. The van der Waals surface area contributed by atoms with Crippen LogP contribution >= 0.6 is 11.3 Å². The van der Waals surface area contributed by atoms with Gasteiger partial charge in [-0.3, -0.25) is 15.6 Å². The number of nitrogen functional groups attached to an aromatic ring is 1. The van der Waals surface area contributed by atoms with Gasteiger partial charge in [0.2, 0.25) is 5.65 Å². The Morgan fingerprint density at radius 2 is 1.84 bits per heavy atom. The molecule has 6 rings (SSSR count). The van der Waals surface area contributed by atoms with Crippen LogP contribution in [0, 0.1) is 13.8 Å². The minimum atomic E-state index is -0.237. The molecule has 1 saturated heterocycles. The lowest BCUT2D eigenvalue weighted by Crippen LogP contribution is -2.32. The van der Waals surface area contributed by atoms with Crippen LogP contribution in [0.1, 0.15) is 35.1 Å². The second-order valence-corrected chi connectivity index (χ2v) is 10.6. The summed E-state index contributed by atoms with van der Waals surface area (Å²) in [6, 6.07) is 18.8. The molecule has 1 aromatic carbocycles. The van der Waals surface area contributed by atoms with E-state index in [1.54, 1.807) is 16.0 Å². The number of nitrogens with zero attached hydrogens (tertiary/aromatic N) is 5. The van der Waals surface area contributed by atoms with E-state index in [1.165, 1.54) is 9.28 Å². The largest absolute Gasteiger partial charge is 0.411 e. The summed E-state index contributed by atoms with van der Waals surface area (Å²) in [7, 11) is 0. The van der Waals surface area contributed by atoms with E-state index in [2.05, 4.69) is 32.4 Å². The smallest absolute Gasteiger partial charge is 0.294 e. The summed E-state index contributed by atoms with van der Waals surface area (Å²) in [6.45, 7) is 6.23. The van der Waals surface area contributed by atoms with Crippen molar-refractivity contribution in [3.8, 4) is 22.4 Å². The van der Waals surface area contributed by atoms with Crippen LogP contribution in [0.25, 0.3) is 28.0 Å². The third-order valence-corrected chi connectivity index (χ3v) is 8.05. The van der Waals surface area contributed by atoms with Crippen LogP contribution in [0.2, 0.25) is 0 Å². The number of likely N-dealkylation sites (tertiary alicyclic amines) is 1. The number of fused-ring (bicyclic) bond motifs is 1. The summed E-state index contributed by atoms with van der Waals surface area (Å²) in [5.41, 5.74) is 12.1. The standard InChI is InChI=1S/C28H29N7OS/c1-18-16-21(17-19(2)30-18)24-25(20-8-4-3-5-9-20)31-27(29)35-26(24)32-34(28(35)36)14-13-33-12-6-10-22(33)23-11-7-15-37-23/h3-5,7-9,11,15-17,22H,6,10,12-14H2,1-2H3,(H2,29,31)/p+1. The number of benzene rings is 1. The first kappa shape index (κ1) is 23.6. The highest BCUT2D eigenvalue weighted by Gasteiger charge is 2.29. The van der Waals surface area contributed by atoms with Crippen molar-refractivity contribution in [2.45, 2.75) is 39.3 Å². The van der Waals surface area contributed by atoms with E-state index >= 15 is 0 Å². The van der Waals surface area contributed by atoms with Crippen molar-refractivity contribution in [1.29, 1.82) is 0 Å². The minimum absolute atomic E-state index is 0.237. The van der Waals surface area contributed by atoms with Crippen LogP contribution in [-0.4, -0.2) is 37.2 Å². The molecule has 3 N–H and O–H groups in total. The van der Waals surface area contributed by atoms with E-state index in [0.717, 1.165) is 59.7 Å². The average molecular weight is 513 g/mol. The molecule has 1 aliphatic heterocycles. The molecule has 37 heavy (non-hydrogen) atoms. The van der Waals surface area contributed by atoms with Crippen LogP contribution in [0.4, 0.5) is 5.95 Å². The summed E-state index contributed by atoms with van der Waals surface area (Å²) in [5.74, 6) is 0.258.